The summed E-state index contributed by atoms with van der Waals surface area (Å²) in [4.78, 5) is 14.1. The lowest BCUT2D eigenvalue weighted by molar-refractivity contribution is -0.133. The number of carbonyl (C=O) groups excluding carboxylic acids is 1. The monoisotopic (exact) mass is 374 g/mol. The molecule has 138 valence electrons. The lowest BCUT2D eigenvalue weighted by atomic mass is 9.90. The number of nitrogens with zero attached hydrogens (tertiary/aromatic N) is 1. The molecule has 5 heteroatoms. The maximum Gasteiger partial charge on any atom is 0.219 e. The maximum absolute atomic E-state index is 13.2. The summed E-state index contributed by atoms with van der Waals surface area (Å²) in [5, 5.41) is 4.34. The summed E-state index contributed by atoms with van der Waals surface area (Å²) in [6.07, 6.45) is 2.68. The summed E-state index contributed by atoms with van der Waals surface area (Å²) < 4.78 is 13.2. The Balaban J connectivity index is 1.75. The minimum atomic E-state index is -0.241. The van der Waals surface area contributed by atoms with Crippen LogP contribution in [-0.2, 0) is 17.8 Å². The van der Waals surface area contributed by atoms with Gasteiger partial charge < -0.3 is 10.2 Å². The highest BCUT2D eigenvalue weighted by Gasteiger charge is 2.32. The highest BCUT2D eigenvalue weighted by Crippen LogP contribution is 2.23. The molecule has 1 aliphatic heterocycles. The van der Waals surface area contributed by atoms with Gasteiger partial charge in [0.1, 0.15) is 5.82 Å². The van der Waals surface area contributed by atoms with E-state index < -0.39 is 0 Å². The molecule has 1 aliphatic rings. The van der Waals surface area contributed by atoms with Crippen LogP contribution in [0.15, 0.2) is 48.5 Å². The molecule has 1 fully saturated rings. The first-order valence-electron chi connectivity index (χ1n) is 9.03. The summed E-state index contributed by atoms with van der Waals surface area (Å²) in [6.45, 7) is 3.05. The van der Waals surface area contributed by atoms with Crippen LogP contribution >= 0.6 is 11.6 Å². The van der Waals surface area contributed by atoms with Crippen molar-refractivity contribution in [2.45, 2.75) is 44.8 Å². The standard InChI is InChI=1S/C21H24ClFN2O/c1-15(26)25-12-4-7-20(24-14-17-5-2-3-6-19(17)22)21(25)13-16-8-10-18(23)11-9-16/h2-3,5-6,8-11,20-21,24H,4,7,12-14H2,1H3/t20-,21-/m0/s1. The van der Waals surface area contributed by atoms with E-state index in [1.165, 1.54) is 12.1 Å². The van der Waals surface area contributed by atoms with Crippen LogP contribution in [0.3, 0.4) is 0 Å². The number of nitrogens with one attached hydrogen (secondary N) is 1. The van der Waals surface area contributed by atoms with Gasteiger partial charge in [-0.25, -0.2) is 4.39 Å². The third-order valence-electron chi connectivity index (χ3n) is 5.05. The lowest BCUT2D eigenvalue weighted by Gasteiger charge is -2.41. The number of benzene rings is 2. The number of likely N-dealkylation sites (tertiary alicyclic amines) is 1. The van der Waals surface area contributed by atoms with E-state index in [1.54, 1.807) is 19.1 Å². The van der Waals surface area contributed by atoms with Crippen molar-refractivity contribution < 1.29 is 9.18 Å². The number of hydrogen-bond acceptors (Lipinski definition) is 2. The molecule has 1 amide bonds. The molecule has 0 radical (unpaired) electrons. The van der Waals surface area contributed by atoms with Crippen molar-refractivity contribution >= 4 is 17.5 Å². The van der Waals surface area contributed by atoms with Crippen LogP contribution in [0, 0.1) is 5.82 Å². The molecule has 1 N–H and O–H groups in total. The van der Waals surface area contributed by atoms with E-state index in [2.05, 4.69) is 5.32 Å². The van der Waals surface area contributed by atoms with Gasteiger partial charge in [-0.2, -0.15) is 0 Å². The number of piperidine rings is 1. The molecule has 0 aromatic heterocycles. The quantitative estimate of drug-likeness (QED) is 0.851. The molecule has 26 heavy (non-hydrogen) atoms. The van der Waals surface area contributed by atoms with Gasteiger partial charge in [-0.3, -0.25) is 4.79 Å². The fraction of sp³-hybridized carbons (Fsp3) is 0.381. The topological polar surface area (TPSA) is 32.3 Å². The fourth-order valence-corrected chi connectivity index (χ4v) is 3.89. The Labute approximate surface area is 159 Å². The van der Waals surface area contributed by atoms with Gasteiger partial charge in [0.05, 0.1) is 6.04 Å². The van der Waals surface area contributed by atoms with Crippen LogP contribution in [0.4, 0.5) is 4.39 Å². The van der Waals surface area contributed by atoms with E-state index >= 15 is 0 Å². The highest BCUT2D eigenvalue weighted by atomic mass is 35.5. The average Bonchev–Trinajstić information content (AvgIpc) is 2.63. The zero-order valence-corrected chi connectivity index (χ0v) is 15.7. The highest BCUT2D eigenvalue weighted by molar-refractivity contribution is 6.31. The molecule has 2 aromatic rings. The van der Waals surface area contributed by atoms with Crippen molar-refractivity contribution in [3.05, 3.63) is 70.5 Å². The summed E-state index contributed by atoms with van der Waals surface area (Å²) in [5.41, 5.74) is 2.09. The number of carbonyl (C=O) groups is 1. The molecule has 2 aromatic carbocycles. The normalized spacial score (nSPS) is 20.2. The van der Waals surface area contributed by atoms with E-state index in [-0.39, 0.29) is 23.8 Å². The Hall–Kier alpha value is -1.91. The van der Waals surface area contributed by atoms with Crippen LogP contribution in [0.2, 0.25) is 5.02 Å². The van der Waals surface area contributed by atoms with Crippen LogP contribution in [0.25, 0.3) is 0 Å². The number of rotatable bonds is 5. The molecule has 1 heterocycles. The largest absolute Gasteiger partial charge is 0.338 e. The van der Waals surface area contributed by atoms with E-state index in [4.69, 9.17) is 11.6 Å². The second-order valence-electron chi connectivity index (χ2n) is 6.83. The second kappa shape index (κ2) is 8.65. The first-order chi connectivity index (χ1) is 12.5. The summed E-state index contributed by atoms with van der Waals surface area (Å²) in [7, 11) is 0. The first kappa shape index (κ1) is 18.9. The Kier molecular flexibility index (Phi) is 6.28. The van der Waals surface area contributed by atoms with Gasteiger partial charge in [0.2, 0.25) is 5.91 Å². The Morgan fingerprint density at radius 3 is 2.65 bits per heavy atom. The van der Waals surface area contributed by atoms with Crippen molar-refractivity contribution in [3.8, 4) is 0 Å². The van der Waals surface area contributed by atoms with Crippen molar-refractivity contribution in [2.24, 2.45) is 0 Å². The van der Waals surface area contributed by atoms with Gasteiger partial charge in [-0.05, 0) is 48.6 Å². The van der Waals surface area contributed by atoms with Gasteiger partial charge in [0, 0.05) is 31.1 Å². The SMILES string of the molecule is CC(=O)N1CCC[C@H](NCc2ccccc2Cl)[C@@H]1Cc1ccc(F)cc1. The van der Waals surface area contributed by atoms with E-state index in [0.29, 0.717) is 13.0 Å². The van der Waals surface area contributed by atoms with Crippen molar-refractivity contribution in [3.63, 3.8) is 0 Å². The molecular formula is C21H24ClFN2O. The number of hydrogen-bond donors (Lipinski definition) is 1. The summed E-state index contributed by atoms with van der Waals surface area (Å²) >= 11 is 6.26. The summed E-state index contributed by atoms with van der Waals surface area (Å²) in [6, 6.07) is 14.6. The third-order valence-corrected chi connectivity index (χ3v) is 5.42. The average molecular weight is 375 g/mol. The minimum Gasteiger partial charge on any atom is -0.338 e. The van der Waals surface area contributed by atoms with Gasteiger partial charge in [-0.15, -0.1) is 0 Å². The zero-order chi connectivity index (χ0) is 18.5. The van der Waals surface area contributed by atoms with Gasteiger partial charge >= 0.3 is 0 Å². The Morgan fingerprint density at radius 2 is 1.96 bits per heavy atom. The fourth-order valence-electron chi connectivity index (χ4n) is 3.68. The molecule has 0 spiro atoms. The van der Waals surface area contributed by atoms with Crippen LogP contribution < -0.4 is 5.32 Å². The molecule has 1 saturated heterocycles. The van der Waals surface area contributed by atoms with Crippen LogP contribution in [-0.4, -0.2) is 29.4 Å². The zero-order valence-electron chi connectivity index (χ0n) is 14.9. The first-order valence-corrected chi connectivity index (χ1v) is 9.41. The van der Waals surface area contributed by atoms with Crippen molar-refractivity contribution in [2.75, 3.05) is 6.54 Å². The third kappa shape index (κ3) is 4.63. The van der Waals surface area contributed by atoms with E-state index in [1.807, 2.05) is 29.2 Å². The van der Waals surface area contributed by atoms with Gasteiger partial charge in [-0.1, -0.05) is 41.9 Å². The lowest BCUT2D eigenvalue weighted by Crippen LogP contribution is -2.56. The maximum atomic E-state index is 13.2. The predicted molar refractivity (Wildman–Crippen MR) is 103 cm³/mol. The van der Waals surface area contributed by atoms with Gasteiger partial charge in [0.15, 0.2) is 0 Å². The molecule has 2 atom stereocenters. The Morgan fingerprint density at radius 1 is 1.23 bits per heavy atom. The molecular weight excluding hydrogens is 351 g/mol. The molecule has 0 bridgehead atoms. The molecule has 0 aliphatic carbocycles. The van der Waals surface area contributed by atoms with Crippen LogP contribution in [0.1, 0.15) is 30.9 Å². The van der Waals surface area contributed by atoms with Crippen molar-refractivity contribution in [1.29, 1.82) is 0 Å². The Bertz CT molecular complexity index is 750. The van der Waals surface area contributed by atoms with E-state index in [0.717, 1.165) is 35.5 Å². The number of amides is 1. The van der Waals surface area contributed by atoms with E-state index in [9.17, 15) is 9.18 Å². The van der Waals surface area contributed by atoms with Gasteiger partial charge in [0.25, 0.3) is 0 Å². The molecule has 3 nitrogen and oxygen atoms in total. The smallest absolute Gasteiger partial charge is 0.219 e. The predicted octanol–water partition coefficient (Wildman–Crippen LogP) is 4.19. The van der Waals surface area contributed by atoms with Crippen LogP contribution in [0.5, 0.6) is 0 Å². The second-order valence-corrected chi connectivity index (χ2v) is 7.24. The van der Waals surface area contributed by atoms with Crippen molar-refractivity contribution in [1.82, 2.24) is 10.2 Å². The molecule has 0 saturated carbocycles. The molecule has 3 rings (SSSR count). The summed E-state index contributed by atoms with van der Waals surface area (Å²) in [5.74, 6) is -0.157. The molecule has 0 unspecified atom stereocenters. The number of halogens is 2. The minimum absolute atomic E-state index is 0.0502.